The molecule has 5 aliphatic heterocycles. The van der Waals surface area contributed by atoms with E-state index in [2.05, 4.69) is 34.1 Å². The molecule has 7 heterocycles. The first-order valence-electron chi connectivity index (χ1n) is 21.3. The molecule has 0 aliphatic carbocycles. The summed E-state index contributed by atoms with van der Waals surface area (Å²) in [5.41, 5.74) is 6.81. The molecule has 1 unspecified atom stereocenters. The van der Waals surface area contributed by atoms with Crippen molar-refractivity contribution in [2.24, 2.45) is 0 Å². The molecule has 0 bridgehead atoms. The van der Waals surface area contributed by atoms with Gasteiger partial charge in [-0.1, -0.05) is 30.3 Å². The van der Waals surface area contributed by atoms with Crippen molar-refractivity contribution in [1.29, 1.82) is 0 Å². The smallest absolute Gasteiger partial charge is 0.255 e. The van der Waals surface area contributed by atoms with Crippen LogP contribution in [0.2, 0.25) is 0 Å². The van der Waals surface area contributed by atoms with E-state index in [9.17, 15) is 24.0 Å². The highest BCUT2D eigenvalue weighted by Gasteiger charge is 2.40. The molecule has 14 nitrogen and oxygen atoms in total. The maximum atomic E-state index is 13.6. The molecule has 5 aromatic rings. The predicted molar refractivity (Wildman–Crippen MR) is 224 cm³/mol. The Bertz CT molecular complexity index is 2600. The van der Waals surface area contributed by atoms with Crippen molar-refractivity contribution in [2.45, 2.75) is 83.1 Å². The van der Waals surface area contributed by atoms with E-state index in [-0.39, 0.29) is 55.5 Å². The normalized spacial score (nSPS) is 20.5. The van der Waals surface area contributed by atoms with E-state index >= 15 is 0 Å². The van der Waals surface area contributed by atoms with E-state index in [1.807, 2.05) is 46.3 Å². The van der Waals surface area contributed by atoms with Crippen molar-refractivity contribution in [3.63, 3.8) is 0 Å². The zero-order chi connectivity index (χ0) is 41.8. The monoisotopic (exact) mass is 821 g/mol. The minimum absolute atomic E-state index is 0.0436. The Kier molecular flexibility index (Phi) is 10.1. The summed E-state index contributed by atoms with van der Waals surface area (Å²) in [5, 5.41) is 4.39. The number of nitrogens with one attached hydrogen (secondary N) is 1. The van der Waals surface area contributed by atoms with E-state index < -0.39 is 11.9 Å². The third kappa shape index (κ3) is 7.32. The number of nitrogens with zero attached hydrogens (tertiary/aromatic N) is 6. The number of carbonyl (C=O) groups excluding carboxylic acids is 5. The SMILES string of the molecule is CC(=O)N1CCn2c(C3CCOCC3)nc(-c3cccc4cc(-c5ccc(O[C@H]6CCN(C(=O)Cc7cccc8c7CN(C7CCC(=O)NC7=O)C8=O)C6)cc5)ncc34)c2C1. The Morgan fingerprint density at radius 2 is 1.69 bits per heavy atom. The Labute approximate surface area is 352 Å². The van der Waals surface area contributed by atoms with E-state index in [4.69, 9.17) is 19.4 Å². The summed E-state index contributed by atoms with van der Waals surface area (Å²) in [4.78, 5) is 79.0. The molecule has 3 saturated heterocycles. The number of imide groups is 1. The number of imidazole rings is 1. The number of carbonyl (C=O) groups is 5. The molecule has 312 valence electrons. The maximum Gasteiger partial charge on any atom is 0.255 e. The second kappa shape index (κ2) is 15.9. The summed E-state index contributed by atoms with van der Waals surface area (Å²) in [6, 6.07) is 20.9. The van der Waals surface area contributed by atoms with Crippen LogP contribution in [0, 0.1) is 0 Å². The minimum Gasteiger partial charge on any atom is -0.489 e. The summed E-state index contributed by atoms with van der Waals surface area (Å²) >= 11 is 0. The molecule has 10 rings (SSSR count). The fourth-order valence-corrected chi connectivity index (χ4v) is 9.72. The van der Waals surface area contributed by atoms with E-state index in [0.29, 0.717) is 49.8 Å². The van der Waals surface area contributed by atoms with Crippen LogP contribution in [0.15, 0.2) is 72.9 Å². The van der Waals surface area contributed by atoms with Crippen molar-refractivity contribution in [3.8, 4) is 28.3 Å². The minimum atomic E-state index is -0.707. The van der Waals surface area contributed by atoms with Gasteiger partial charge in [-0.25, -0.2) is 4.98 Å². The Hall–Kier alpha value is -6.41. The van der Waals surface area contributed by atoms with Crippen LogP contribution in [-0.4, -0.2) is 104 Å². The van der Waals surface area contributed by atoms with Crippen LogP contribution < -0.4 is 10.1 Å². The molecule has 14 heteroatoms. The lowest BCUT2D eigenvalue weighted by atomic mass is 9.99. The molecule has 1 N–H and O–H groups in total. The number of hydrogen-bond donors (Lipinski definition) is 1. The highest BCUT2D eigenvalue weighted by molar-refractivity contribution is 6.05. The number of rotatable bonds is 8. The largest absolute Gasteiger partial charge is 0.489 e. The molecule has 2 atom stereocenters. The highest BCUT2D eigenvalue weighted by atomic mass is 16.5. The van der Waals surface area contributed by atoms with Crippen molar-refractivity contribution >= 4 is 40.3 Å². The number of pyridine rings is 1. The quantitative estimate of drug-likeness (QED) is 0.213. The highest BCUT2D eigenvalue weighted by Crippen LogP contribution is 2.38. The second-order valence-electron chi connectivity index (χ2n) is 16.8. The van der Waals surface area contributed by atoms with Gasteiger partial charge in [-0.3, -0.25) is 34.3 Å². The number of likely N-dealkylation sites (tertiary alicyclic amines) is 1. The molecule has 5 aliphatic rings. The van der Waals surface area contributed by atoms with Gasteiger partial charge >= 0.3 is 0 Å². The summed E-state index contributed by atoms with van der Waals surface area (Å²) < 4.78 is 14.4. The lowest BCUT2D eigenvalue weighted by Gasteiger charge is -2.30. The number of hydrogen-bond acceptors (Lipinski definition) is 9. The Balaban J connectivity index is 0.803. The molecule has 3 fully saturated rings. The first kappa shape index (κ1) is 38.8. The predicted octanol–water partition coefficient (Wildman–Crippen LogP) is 5.00. The van der Waals surface area contributed by atoms with Crippen LogP contribution in [0.25, 0.3) is 33.3 Å². The van der Waals surface area contributed by atoms with Crippen LogP contribution >= 0.6 is 0 Å². The van der Waals surface area contributed by atoms with Gasteiger partial charge < -0.3 is 28.7 Å². The number of ether oxygens (including phenoxy) is 2. The third-order valence-electron chi connectivity index (χ3n) is 13.1. The summed E-state index contributed by atoms with van der Waals surface area (Å²) in [7, 11) is 0. The average molecular weight is 822 g/mol. The van der Waals surface area contributed by atoms with Gasteiger partial charge in [-0.05, 0) is 72.2 Å². The molecule has 2 aromatic heterocycles. The van der Waals surface area contributed by atoms with Crippen molar-refractivity contribution < 1.29 is 33.4 Å². The number of aromatic nitrogens is 3. The fourth-order valence-electron chi connectivity index (χ4n) is 9.72. The molecule has 0 radical (unpaired) electrons. The van der Waals surface area contributed by atoms with Gasteiger partial charge in [-0.2, -0.15) is 0 Å². The van der Waals surface area contributed by atoms with Crippen molar-refractivity contribution in [1.82, 2.24) is 34.6 Å². The van der Waals surface area contributed by atoms with Gasteiger partial charge in [0.25, 0.3) is 5.91 Å². The summed E-state index contributed by atoms with van der Waals surface area (Å²) in [6.07, 6.45) is 4.95. The first-order chi connectivity index (χ1) is 29.7. The molecular weight excluding hydrogens is 775 g/mol. The number of fused-ring (bicyclic) bond motifs is 3. The fraction of sp³-hybridized carbons (Fsp3) is 0.383. The van der Waals surface area contributed by atoms with Gasteiger partial charge in [-0.15, -0.1) is 0 Å². The lowest BCUT2D eigenvalue weighted by Crippen LogP contribution is -2.52. The summed E-state index contributed by atoms with van der Waals surface area (Å²) in [5.74, 6) is 1.11. The van der Waals surface area contributed by atoms with Gasteiger partial charge in [0, 0.05) is 93.3 Å². The second-order valence-corrected chi connectivity index (χ2v) is 16.8. The zero-order valence-corrected chi connectivity index (χ0v) is 34.1. The zero-order valence-electron chi connectivity index (χ0n) is 34.1. The summed E-state index contributed by atoms with van der Waals surface area (Å²) in [6.45, 7) is 6.28. The van der Waals surface area contributed by atoms with Crippen LogP contribution in [-0.2, 0) is 50.0 Å². The number of piperidine rings is 1. The van der Waals surface area contributed by atoms with Crippen molar-refractivity contribution in [3.05, 3.63) is 101 Å². The molecule has 5 amide bonds. The number of benzene rings is 3. The molecule has 0 saturated carbocycles. The molecule has 61 heavy (non-hydrogen) atoms. The maximum absolute atomic E-state index is 13.6. The topological polar surface area (TPSA) is 156 Å². The van der Waals surface area contributed by atoms with Crippen LogP contribution in [0.4, 0.5) is 0 Å². The van der Waals surface area contributed by atoms with Gasteiger partial charge in [0.1, 0.15) is 23.7 Å². The standard InChI is InChI=1S/C47H47N7O7/c1-28(55)51-18-19-53-41(27-51)44(50-45(53)30-15-20-60-21-16-30)35-6-2-4-31-22-39(48-24-37(31)35)29-8-10-33(11-9-29)61-34-14-17-52(25-34)43(57)23-32-5-3-7-36-38(32)26-54(47(36)59)40-12-13-42(56)49-46(40)58/h2-11,22,24,30,34,40H,12-21,23,25-27H2,1H3,(H,49,56,58)/t34-,40?/m0/s1. The van der Waals surface area contributed by atoms with Gasteiger partial charge in [0.15, 0.2) is 0 Å². The Morgan fingerprint density at radius 1 is 0.885 bits per heavy atom. The van der Waals surface area contributed by atoms with Crippen LogP contribution in [0.1, 0.15) is 77.9 Å². The average Bonchev–Trinajstić information content (AvgIpc) is 4.00. The van der Waals surface area contributed by atoms with E-state index in [0.717, 1.165) is 88.5 Å². The first-order valence-corrected chi connectivity index (χ1v) is 21.3. The third-order valence-corrected chi connectivity index (χ3v) is 13.1. The molecular formula is C47H47N7O7. The van der Waals surface area contributed by atoms with Crippen LogP contribution in [0.5, 0.6) is 5.75 Å². The number of amides is 5. The molecule has 3 aromatic carbocycles. The lowest BCUT2D eigenvalue weighted by molar-refractivity contribution is -0.137. The van der Waals surface area contributed by atoms with Crippen LogP contribution in [0.3, 0.4) is 0 Å². The van der Waals surface area contributed by atoms with Crippen molar-refractivity contribution in [2.75, 3.05) is 32.8 Å². The van der Waals surface area contributed by atoms with E-state index in [1.54, 1.807) is 19.1 Å². The Morgan fingerprint density at radius 3 is 2.49 bits per heavy atom. The van der Waals surface area contributed by atoms with E-state index in [1.165, 1.54) is 4.90 Å². The van der Waals surface area contributed by atoms with Gasteiger partial charge in [0.2, 0.25) is 23.6 Å². The van der Waals surface area contributed by atoms with Gasteiger partial charge in [0.05, 0.1) is 36.6 Å². The molecule has 0 spiro atoms.